The Kier molecular flexibility index (Phi) is 3.76. The van der Waals surface area contributed by atoms with Crippen molar-refractivity contribution in [2.75, 3.05) is 0 Å². The van der Waals surface area contributed by atoms with E-state index in [-0.39, 0.29) is 11.3 Å². The topological polar surface area (TPSA) is 173 Å². The Bertz CT molecular complexity index is 753. The quantitative estimate of drug-likeness (QED) is 0.405. The summed E-state index contributed by atoms with van der Waals surface area (Å²) in [6, 6.07) is 4.53. The van der Waals surface area contributed by atoms with Crippen LogP contribution in [0.5, 0.6) is 5.88 Å². The normalized spacial score (nSPS) is 13.8. The van der Waals surface area contributed by atoms with Gasteiger partial charge in [0.2, 0.25) is 5.88 Å². The first kappa shape index (κ1) is 16.1. The average Bonchev–Trinajstić information content (AvgIpc) is 2.63. The van der Waals surface area contributed by atoms with Crippen LogP contribution in [-0.2, 0) is 15.6 Å². The van der Waals surface area contributed by atoms with Gasteiger partial charge in [-0.1, -0.05) is 6.07 Å². The Morgan fingerprint density at radius 1 is 1.14 bits per heavy atom. The second kappa shape index (κ2) is 4.89. The summed E-state index contributed by atoms with van der Waals surface area (Å²) in [5.74, 6) is -0.693. The van der Waals surface area contributed by atoms with E-state index in [9.17, 15) is 19.3 Å². The maximum Gasteiger partial charge on any atom is 0.369 e. The number of pyridine rings is 1. The molecule has 2 rings (SSSR count). The van der Waals surface area contributed by atoms with Crippen molar-refractivity contribution >= 4 is 20.8 Å². The summed E-state index contributed by atoms with van der Waals surface area (Å²) in [5, 5.41) is 15.9. The standard InChI is InChI=1S/C9H12N2O8P2/c12-8-6(11-4-2-1-3-7(11)10-8)5-9(13,20(14,15)16)21(17,18)19/h1-4,12-13H,5H2,(H2,14,15,16)(H2,17,18,19). The van der Waals surface area contributed by atoms with E-state index in [1.807, 2.05) is 0 Å². The third-order valence-corrected chi connectivity index (χ3v) is 6.69. The van der Waals surface area contributed by atoms with E-state index in [1.165, 1.54) is 18.3 Å². The number of hydrogen-bond donors (Lipinski definition) is 6. The van der Waals surface area contributed by atoms with Crippen LogP contribution in [0.15, 0.2) is 24.4 Å². The number of aromatic hydroxyl groups is 1. The van der Waals surface area contributed by atoms with Gasteiger partial charge >= 0.3 is 15.2 Å². The average molecular weight is 338 g/mol. The zero-order chi connectivity index (χ0) is 16.1. The highest BCUT2D eigenvalue weighted by Gasteiger charge is 2.60. The molecule has 10 nitrogen and oxygen atoms in total. The predicted molar refractivity (Wildman–Crippen MR) is 69.6 cm³/mol. The van der Waals surface area contributed by atoms with Crippen molar-refractivity contribution in [3.63, 3.8) is 0 Å². The molecule has 0 atom stereocenters. The van der Waals surface area contributed by atoms with Gasteiger partial charge in [0.05, 0.1) is 5.69 Å². The molecular weight excluding hydrogens is 326 g/mol. The highest BCUT2D eigenvalue weighted by atomic mass is 31.2. The van der Waals surface area contributed by atoms with E-state index in [2.05, 4.69) is 4.98 Å². The van der Waals surface area contributed by atoms with E-state index in [1.54, 1.807) is 6.07 Å². The molecule has 0 spiro atoms. The molecule has 12 heteroatoms. The molecule has 21 heavy (non-hydrogen) atoms. The maximum atomic E-state index is 11.3. The number of fused-ring (bicyclic) bond motifs is 1. The zero-order valence-electron chi connectivity index (χ0n) is 10.3. The molecule has 0 saturated carbocycles. The largest absolute Gasteiger partial charge is 0.492 e. The van der Waals surface area contributed by atoms with Gasteiger partial charge in [-0.05, 0) is 12.1 Å². The van der Waals surface area contributed by atoms with Gasteiger partial charge < -0.3 is 29.8 Å². The number of nitrogens with zero attached hydrogens (tertiary/aromatic N) is 2. The second-order valence-electron chi connectivity index (χ2n) is 4.35. The predicted octanol–water partition coefficient (Wildman–Crippen LogP) is -0.416. The van der Waals surface area contributed by atoms with Gasteiger partial charge in [-0.2, -0.15) is 4.98 Å². The molecule has 0 fully saturated rings. The Morgan fingerprint density at radius 2 is 1.71 bits per heavy atom. The minimum absolute atomic E-state index is 0.184. The monoisotopic (exact) mass is 338 g/mol. The highest BCUT2D eigenvalue weighted by molar-refractivity contribution is 7.72. The lowest BCUT2D eigenvalue weighted by atomic mass is 10.3. The van der Waals surface area contributed by atoms with Crippen molar-refractivity contribution in [2.24, 2.45) is 0 Å². The first-order valence-electron chi connectivity index (χ1n) is 5.46. The molecule has 0 aliphatic rings. The number of aromatic nitrogens is 2. The summed E-state index contributed by atoms with van der Waals surface area (Å²) in [4.78, 5) is 40.0. The van der Waals surface area contributed by atoms with Crippen molar-refractivity contribution in [3.05, 3.63) is 30.1 Å². The fourth-order valence-corrected chi connectivity index (χ4v) is 3.87. The van der Waals surface area contributed by atoms with Gasteiger partial charge in [0.15, 0.2) is 0 Å². The number of rotatable bonds is 4. The third kappa shape index (κ3) is 2.63. The van der Waals surface area contributed by atoms with Gasteiger partial charge in [0, 0.05) is 12.6 Å². The van der Waals surface area contributed by atoms with Crippen LogP contribution in [-0.4, -0.2) is 44.3 Å². The van der Waals surface area contributed by atoms with E-state index < -0.39 is 32.6 Å². The SMILES string of the molecule is O=P(O)(O)C(O)(Cc1c(O)nc2ccccn12)P(=O)(O)O. The molecule has 0 radical (unpaired) electrons. The lowest BCUT2D eigenvalue weighted by Gasteiger charge is -2.28. The van der Waals surface area contributed by atoms with E-state index >= 15 is 0 Å². The molecule has 0 aromatic carbocycles. The molecule has 2 aromatic heterocycles. The van der Waals surface area contributed by atoms with Gasteiger partial charge in [0.25, 0.3) is 5.08 Å². The molecule has 0 aliphatic carbocycles. The highest BCUT2D eigenvalue weighted by Crippen LogP contribution is 2.68. The second-order valence-corrected chi connectivity index (χ2v) is 8.36. The van der Waals surface area contributed by atoms with Crippen LogP contribution in [0.3, 0.4) is 0 Å². The van der Waals surface area contributed by atoms with Crippen molar-refractivity contribution in [1.29, 1.82) is 0 Å². The van der Waals surface area contributed by atoms with Crippen molar-refractivity contribution in [1.82, 2.24) is 9.38 Å². The van der Waals surface area contributed by atoms with Crippen LogP contribution in [0.1, 0.15) is 5.69 Å². The van der Waals surface area contributed by atoms with Crippen LogP contribution in [0.25, 0.3) is 5.65 Å². The van der Waals surface area contributed by atoms with Crippen LogP contribution in [0, 0.1) is 0 Å². The number of aliphatic hydroxyl groups is 1. The summed E-state index contributed by atoms with van der Waals surface area (Å²) in [6.07, 6.45) is 0.176. The first-order chi connectivity index (χ1) is 9.47. The zero-order valence-corrected chi connectivity index (χ0v) is 12.1. The smallest absolute Gasteiger partial charge is 0.369 e. The van der Waals surface area contributed by atoms with E-state index in [0.29, 0.717) is 0 Å². The molecule has 2 heterocycles. The third-order valence-electron chi connectivity index (χ3n) is 2.95. The fraction of sp³-hybridized carbons (Fsp3) is 0.222. The van der Waals surface area contributed by atoms with Crippen molar-refractivity contribution < 1.29 is 38.9 Å². The Hall–Kier alpha value is -1.25. The first-order valence-corrected chi connectivity index (χ1v) is 8.68. The van der Waals surface area contributed by atoms with Crippen LogP contribution in [0.4, 0.5) is 0 Å². The minimum atomic E-state index is -5.61. The summed E-state index contributed by atoms with van der Waals surface area (Å²) in [5.41, 5.74) is -0.150. The Morgan fingerprint density at radius 3 is 2.24 bits per heavy atom. The molecule has 0 amide bonds. The minimum Gasteiger partial charge on any atom is -0.492 e. The molecule has 0 saturated heterocycles. The van der Waals surface area contributed by atoms with Gasteiger partial charge in [-0.3, -0.25) is 13.5 Å². The lowest BCUT2D eigenvalue weighted by Crippen LogP contribution is -2.31. The molecule has 0 unspecified atom stereocenters. The molecule has 0 aliphatic heterocycles. The Balaban J connectivity index is 2.63. The van der Waals surface area contributed by atoms with Crippen molar-refractivity contribution in [2.45, 2.75) is 11.5 Å². The van der Waals surface area contributed by atoms with Crippen molar-refractivity contribution in [3.8, 4) is 5.88 Å². The van der Waals surface area contributed by atoms with Crippen LogP contribution < -0.4 is 0 Å². The van der Waals surface area contributed by atoms with E-state index in [0.717, 1.165) is 4.40 Å². The molecule has 6 N–H and O–H groups in total. The maximum absolute atomic E-state index is 11.3. The summed E-state index contributed by atoms with van der Waals surface area (Å²) in [6.45, 7) is 0. The summed E-state index contributed by atoms with van der Waals surface area (Å²) >= 11 is 0. The van der Waals surface area contributed by atoms with E-state index in [4.69, 9.17) is 19.6 Å². The summed E-state index contributed by atoms with van der Waals surface area (Å²) in [7, 11) is -11.2. The lowest BCUT2D eigenvalue weighted by molar-refractivity contribution is 0.129. The van der Waals surface area contributed by atoms with Gasteiger partial charge in [-0.25, -0.2) is 0 Å². The fourth-order valence-electron chi connectivity index (χ4n) is 1.80. The van der Waals surface area contributed by atoms with Gasteiger partial charge in [0.1, 0.15) is 5.65 Å². The van der Waals surface area contributed by atoms with Gasteiger partial charge in [-0.15, -0.1) is 0 Å². The molecule has 116 valence electrons. The van der Waals surface area contributed by atoms with Crippen LogP contribution >= 0.6 is 15.2 Å². The molecular formula is C9H12N2O8P2. The number of hydrogen-bond acceptors (Lipinski definition) is 5. The Labute approximate surface area is 117 Å². The number of imidazole rings is 1. The van der Waals surface area contributed by atoms with Crippen LogP contribution in [0.2, 0.25) is 0 Å². The molecule has 2 aromatic rings. The summed E-state index contributed by atoms with van der Waals surface area (Å²) < 4.78 is 23.8. The molecule has 0 bridgehead atoms.